The van der Waals surface area contributed by atoms with Crippen LogP contribution < -0.4 is 0 Å². The molecule has 0 heterocycles. The molecular weight excluding hydrogens is 224 g/mol. The lowest BCUT2D eigenvalue weighted by atomic mass is 9.88. The molecule has 1 aliphatic carbocycles. The summed E-state index contributed by atoms with van der Waals surface area (Å²) in [4.78, 5) is 12.2. The Kier molecular flexibility index (Phi) is 4.54. The van der Waals surface area contributed by atoms with Gasteiger partial charge in [-0.25, -0.2) is 0 Å². The summed E-state index contributed by atoms with van der Waals surface area (Å²) in [5.41, 5.74) is 0.744. The Morgan fingerprint density at radius 3 is 2.67 bits per heavy atom. The Balaban J connectivity index is 1.91. The predicted molar refractivity (Wildman–Crippen MR) is 72.7 cm³/mol. The Hall–Kier alpha value is -1.15. The zero-order chi connectivity index (χ0) is 13.0. The minimum absolute atomic E-state index is 0.0915. The van der Waals surface area contributed by atoms with E-state index in [0.29, 0.717) is 0 Å². The molecule has 2 rings (SSSR count). The number of ketones is 1. The van der Waals surface area contributed by atoms with Crippen LogP contribution in [0.15, 0.2) is 30.3 Å². The lowest BCUT2D eigenvalue weighted by molar-refractivity contribution is -0.0200. The predicted octanol–water partition coefficient (Wildman–Crippen LogP) is 3.85. The molecule has 0 radical (unpaired) electrons. The van der Waals surface area contributed by atoms with Gasteiger partial charge in [0.05, 0.1) is 6.10 Å². The molecule has 1 aromatic rings. The number of rotatable bonds is 4. The first-order valence-corrected chi connectivity index (χ1v) is 6.91. The molecule has 2 heteroatoms. The van der Waals surface area contributed by atoms with Gasteiger partial charge >= 0.3 is 0 Å². The second-order valence-corrected chi connectivity index (χ2v) is 5.40. The van der Waals surface area contributed by atoms with E-state index in [9.17, 15) is 4.79 Å². The molecule has 3 atom stereocenters. The van der Waals surface area contributed by atoms with E-state index in [1.54, 1.807) is 0 Å². The number of carbonyl (C=O) groups excluding carboxylic acids is 1. The molecule has 1 fully saturated rings. The van der Waals surface area contributed by atoms with E-state index in [-0.39, 0.29) is 18.0 Å². The molecule has 98 valence electrons. The van der Waals surface area contributed by atoms with E-state index in [0.717, 1.165) is 24.3 Å². The molecule has 1 saturated carbocycles. The average Bonchev–Trinajstić information content (AvgIpc) is 2.39. The lowest BCUT2D eigenvalue weighted by Crippen LogP contribution is -2.30. The van der Waals surface area contributed by atoms with E-state index >= 15 is 0 Å². The molecular formula is C16H22O2. The minimum atomic E-state index is -0.331. The number of hydrogen-bond acceptors (Lipinski definition) is 2. The van der Waals surface area contributed by atoms with Crippen LogP contribution in [0.4, 0.5) is 0 Å². The lowest BCUT2D eigenvalue weighted by Gasteiger charge is -2.28. The van der Waals surface area contributed by atoms with Gasteiger partial charge in [0.15, 0.2) is 5.78 Å². The fourth-order valence-corrected chi connectivity index (χ4v) is 2.69. The first-order valence-electron chi connectivity index (χ1n) is 6.91. The number of carbonyl (C=O) groups is 1. The smallest absolute Gasteiger partial charge is 0.191 e. The first kappa shape index (κ1) is 13.3. The molecule has 0 amide bonds. The molecule has 1 aromatic carbocycles. The van der Waals surface area contributed by atoms with Crippen molar-refractivity contribution >= 4 is 5.78 Å². The van der Waals surface area contributed by atoms with Crippen molar-refractivity contribution in [3.8, 4) is 0 Å². The largest absolute Gasteiger partial charge is 0.367 e. The number of benzene rings is 1. The van der Waals surface area contributed by atoms with E-state index in [1.165, 1.54) is 12.8 Å². The maximum atomic E-state index is 12.2. The summed E-state index contributed by atoms with van der Waals surface area (Å²) in [6.45, 7) is 4.13. The van der Waals surface area contributed by atoms with E-state index in [2.05, 4.69) is 6.92 Å². The van der Waals surface area contributed by atoms with Gasteiger partial charge in [-0.1, -0.05) is 50.1 Å². The second kappa shape index (κ2) is 6.14. The summed E-state index contributed by atoms with van der Waals surface area (Å²) < 4.78 is 5.93. The van der Waals surface area contributed by atoms with Crippen LogP contribution in [-0.2, 0) is 4.74 Å². The molecule has 0 bridgehead atoms. The normalized spacial score (nSPS) is 25.7. The molecule has 0 spiro atoms. The average molecular weight is 246 g/mol. The van der Waals surface area contributed by atoms with Gasteiger partial charge in [0, 0.05) is 5.56 Å². The van der Waals surface area contributed by atoms with Crippen molar-refractivity contribution in [3.63, 3.8) is 0 Å². The van der Waals surface area contributed by atoms with E-state index < -0.39 is 0 Å². The van der Waals surface area contributed by atoms with Crippen molar-refractivity contribution in [2.24, 2.45) is 5.92 Å². The Bertz CT molecular complexity index is 385. The Morgan fingerprint density at radius 1 is 1.28 bits per heavy atom. The molecule has 0 aromatic heterocycles. The van der Waals surface area contributed by atoms with Crippen LogP contribution in [0, 0.1) is 5.92 Å². The molecule has 0 saturated heterocycles. The highest BCUT2D eigenvalue weighted by Gasteiger charge is 2.24. The molecule has 1 aliphatic rings. The summed E-state index contributed by atoms with van der Waals surface area (Å²) in [5, 5.41) is 0. The quantitative estimate of drug-likeness (QED) is 0.754. The van der Waals surface area contributed by atoms with Crippen LogP contribution in [-0.4, -0.2) is 18.0 Å². The zero-order valence-electron chi connectivity index (χ0n) is 11.3. The summed E-state index contributed by atoms with van der Waals surface area (Å²) in [7, 11) is 0. The van der Waals surface area contributed by atoms with Crippen LogP contribution in [0.25, 0.3) is 0 Å². The fraction of sp³-hybridized carbons (Fsp3) is 0.562. The van der Waals surface area contributed by atoms with Gasteiger partial charge < -0.3 is 4.74 Å². The van der Waals surface area contributed by atoms with Gasteiger partial charge in [-0.2, -0.15) is 0 Å². The monoisotopic (exact) mass is 246 g/mol. The maximum absolute atomic E-state index is 12.2. The van der Waals surface area contributed by atoms with Gasteiger partial charge in [-0.15, -0.1) is 0 Å². The second-order valence-electron chi connectivity index (χ2n) is 5.40. The van der Waals surface area contributed by atoms with E-state index in [1.807, 2.05) is 37.3 Å². The number of hydrogen-bond donors (Lipinski definition) is 0. The molecule has 0 aliphatic heterocycles. The molecule has 2 nitrogen and oxygen atoms in total. The molecule has 18 heavy (non-hydrogen) atoms. The minimum Gasteiger partial charge on any atom is -0.367 e. The number of ether oxygens (including phenoxy) is 1. The Labute approximate surface area is 109 Å². The van der Waals surface area contributed by atoms with Crippen LogP contribution in [0.1, 0.15) is 49.9 Å². The SMILES string of the molecule is CC1CCCC(OC(C)C(=O)c2ccccc2)C1. The highest BCUT2D eigenvalue weighted by molar-refractivity contribution is 5.99. The van der Waals surface area contributed by atoms with Gasteiger partial charge in [-0.05, 0) is 25.7 Å². The van der Waals surface area contributed by atoms with Gasteiger partial charge in [-0.3, -0.25) is 4.79 Å². The van der Waals surface area contributed by atoms with Crippen LogP contribution >= 0.6 is 0 Å². The zero-order valence-corrected chi connectivity index (χ0v) is 11.3. The van der Waals surface area contributed by atoms with Crippen molar-refractivity contribution in [1.82, 2.24) is 0 Å². The fourth-order valence-electron chi connectivity index (χ4n) is 2.69. The van der Waals surface area contributed by atoms with Crippen molar-refractivity contribution in [2.45, 2.75) is 51.7 Å². The highest BCUT2D eigenvalue weighted by Crippen LogP contribution is 2.26. The third-order valence-electron chi connectivity index (χ3n) is 3.71. The third-order valence-corrected chi connectivity index (χ3v) is 3.71. The standard InChI is InChI=1S/C16H22O2/c1-12-7-6-10-15(11-12)18-13(2)16(17)14-8-4-3-5-9-14/h3-5,8-9,12-13,15H,6-7,10-11H2,1-2H3. The van der Waals surface area contributed by atoms with Crippen molar-refractivity contribution in [1.29, 1.82) is 0 Å². The molecule has 0 N–H and O–H groups in total. The number of Topliss-reactive ketones (excluding diaryl/α,β-unsaturated/α-hetero) is 1. The van der Waals surface area contributed by atoms with Crippen LogP contribution in [0.2, 0.25) is 0 Å². The Morgan fingerprint density at radius 2 is 2.00 bits per heavy atom. The molecule has 3 unspecified atom stereocenters. The van der Waals surface area contributed by atoms with Crippen LogP contribution in [0.5, 0.6) is 0 Å². The maximum Gasteiger partial charge on any atom is 0.191 e. The third kappa shape index (κ3) is 3.42. The first-order chi connectivity index (χ1) is 8.66. The van der Waals surface area contributed by atoms with Crippen molar-refractivity contribution in [2.75, 3.05) is 0 Å². The van der Waals surface area contributed by atoms with Crippen LogP contribution in [0.3, 0.4) is 0 Å². The summed E-state index contributed by atoms with van der Waals surface area (Å²) in [6, 6.07) is 9.41. The van der Waals surface area contributed by atoms with Crippen molar-refractivity contribution in [3.05, 3.63) is 35.9 Å². The van der Waals surface area contributed by atoms with E-state index in [4.69, 9.17) is 4.74 Å². The van der Waals surface area contributed by atoms with Gasteiger partial charge in [0.1, 0.15) is 6.10 Å². The van der Waals surface area contributed by atoms with Gasteiger partial charge in [0.2, 0.25) is 0 Å². The highest BCUT2D eigenvalue weighted by atomic mass is 16.5. The topological polar surface area (TPSA) is 26.3 Å². The van der Waals surface area contributed by atoms with Crippen molar-refractivity contribution < 1.29 is 9.53 Å². The summed E-state index contributed by atoms with van der Waals surface area (Å²) >= 11 is 0. The summed E-state index contributed by atoms with van der Waals surface area (Å²) in [5.74, 6) is 0.816. The summed E-state index contributed by atoms with van der Waals surface area (Å²) in [6.07, 6.45) is 4.63. The van der Waals surface area contributed by atoms with Gasteiger partial charge in [0.25, 0.3) is 0 Å².